The lowest BCUT2D eigenvalue weighted by Crippen LogP contribution is -2.92. The number of thiophene rings is 1. The quantitative estimate of drug-likeness (QED) is 0.714. The van der Waals surface area contributed by atoms with Crippen molar-refractivity contribution < 1.29 is 14.9 Å². The first-order valence-electron chi connectivity index (χ1n) is 9.68. The lowest BCUT2D eigenvalue weighted by atomic mass is 9.96. The summed E-state index contributed by atoms with van der Waals surface area (Å²) in [6, 6.07) is 13.7. The Morgan fingerprint density at radius 2 is 1.81 bits per heavy atom. The van der Waals surface area contributed by atoms with Gasteiger partial charge in [0.1, 0.15) is 6.04 Å². The Balaban J connectivity index is 1.58. The van der Waals surface area contributed by atoms with E-state index in [4.69, 9.17) is 0 Å². The van der Waals surface area contributed by atoms with Gasteiger partial charge in [0, 0.05) is 11.6 Å². The maximum Gasteiger partial charge on any atom is 0.321 e. The minimum Gasteiger partial charge on any atom is -0.335 e. The number of carbonyl (C=O) groups excluding carboxylic acids is 2. The summed E-state index contributed by atoms with van der Waals surface area (Å²) in [4.78, 5) is 25.9. The number of benzene rings is 1. The van der Waals surface area contributed by atoms with Crippen LogP contribution in [0.1, 0.15) is 55.5 Å². The number of hydrogen-bond donors (Lipinski definition) is 3. The second kappa shape index (κ2) is 9.67. The van der Waals surface area contributed by atoms with Crippen LogP contribution in [0.15, 0.2) is 47.8 Å². The zero-order chi connectivity index (χ0) is 19.1. The van der Waals surface area contributed by atoms with Crippen molar-refractivity contribution >= 4 is 23.3 Å². The van der Waals surface area contributed by atoms with Gasteiger partial charge in [0.2, 0.25) is 0 Å². The molecule has 0 radical (unpaired) electrons. The summed E-state index contributed by atoms with van der Waals surface area (Å²) < 4.78 is 0. The summed E-state index contributed by atoms with van der Waals surface area (Å²) in [5.74, 6) is -0.263. The second-order valence-electron chi connectivity index (χ2n) is 7.18. The van der Waals surface area contributed by atoms with Crippen molar-refractivity contribution in [1.82, 2.24) is 10.6 Å². The van der Waals surface area contributed by atoms with Crippen LogP contribution in [0, 0.1) is 0 Å². The maximum atomic E-state index is 12.5. The van der Waals surface area contributed by atoms with Gasteiger partial charge in [0.25, 0.3) is 5.91 Å². The van der Waals surface area contributed by atoms with Crippen LogP contribution in [0.5, 0.6) is 0 Å². The molecule has 2 aromatic rings. The van der Waals surface area contributed by atoms with E-state index >= 15 is 0 Å². The molecule has 0 spiro atoms. The Kier molecular flexibility index (Phi) is 7.01. The van der Waals surface area contributed by atoms with Crippen molar-refractivity contribution in [2.24, 2.45) is 0 Å². The van der Waals surface area contributed by atoms with E-state index in [1.54, 1.807) is 11.3 Å². The van der Waals surface area contributed by atoms with Gasteiger partial charge in [0.15, 0.2) is 6.04 Å². The van der Waals surface area contributed by atoms with E-state index in [9.17, 15) is 9.59 Å². The first-order valence-corrected chi connectivity index (χ1v) is 10.6. The van der Waals surface area contributed by atoms with Gasteiger partial charge in [-0.1, -0.05) is 55.7 Å². The zero-order valence-electron chi connectivity index (χ0n) is 15.7. The molecule has 0 saturated heterocycles. The summed E-state index contributed by atoms with van der Waals surface area (Å²) in [6.45, 7) is 1.84. The number of hydrogen-bond acceptors (Lipinski definition) is 3. The third kappa shape index (κ3) is 5.65. The smallest absolute Gasteiger partial charge is 0.321 e. The average molecular weight is 387 g/mol. The van der Waals surface area contributed by atoms with E-state index in [1.165, 1.54) is 11.3 Å². The second-order valence-corrected chi connectivity index (χ2v) is 8.16. The van der Waals surface area contributed by atoms with Crippen LogP contribution in [-0.2, 0) is 4.79 Å². The van der Waals surface area contributed by atoms with Gasteiger partial charge in [0.05, 0.1) is 4.88 Å². The molecule has 0 aliphatic heterocycles. The molecule has 144 valence electrons. The van der Waals surface area contributed by atoms with Crippen molar-refractivity contribution in [3.05, 3.63) is 58.3 Å². The zero-order valence-corrected chi connectivity index (χ0v) is 16.5. The van der Waals surface area contributed by atoms with E-state index < -0.39 is 0 Å². The predicted molar refractivity (Wildman–Crippen MR) is 108 cm³/mol. The molecule has 3 rings (SSSR count). The van der Waals surface area contributed by atoms with Crippen LogP contribution < -0.4 is 16.0 Å². The lowest BCUT2D eigenvalue weighted by molar-refractivity contribution is -0.704. The third-order valence-electron chi connectivity index (χ3n) is 5.08. The van der Waals surface area contributed by atoms with Gasteiger partial charge < -0.3 is 10.6 Å². The van der Waals surface area contributed by atoms with Gasteiger partial charge in [-0.15, -0.1) is 11.3 Å². The molecule has 1 saturated carbocycles. The van der Waals surface area contributed by atoms with Gasteiger partial charge >= 0.3 is 6.03 Å². The van der Waals surface area contributed by atoms with Gasteiger partial charge in [-0.3, -0.25) is 10.1 Å². The highest BCUT2D eigenvalue weighted by molar-refractivity contribution is 7.10. The van der Waals surface area contributed by atoms with Gasteiger partial charge in [-0.25, -0.2) is 4.79 Å². The number of carbonyl (C=O) groups is 2. The molecule has 3 amide bonds. The monoisotopic (exact) mass is 386 g/mol. The van der Waals surface area contributed by atoms with Gasteiger partial charge in [-0.2, -0.15) is 0 Å². The largest absolute Gasteiger partial charge is 0.335 e. The normalized spacial score (nSPS) is 17.1. The van der Waals surface area contributed by atoms with Crippen molar-refractivity contribution in [3.63, 3.8) is 0 Å². The van der Waals surface area contributed by atoms with E-state index in [2.05, 4.69) is 28.8 Å². The Bertz CT molecular complexity index is 727. The number of quaternary nitrogens is 1. The minimum absolute atomic E-state index is 0.0355. The summed E-state index contributed by atoms with van der Waals surface area (Å²) >= 11 is 1.67. The molecule has 1 fully saturated rings. The molecule has 5 nitrogen and oxygen atoms in total. The Morgan fingerprint density at radius 1 is 1.07 bits per heavy atom. The van der Waals surface area contributed by atoms with E-state index in [0.29, 0.717) is 0 Å². The fourth-order valence-corrected chi connectivity index (χ4v) is 4.40. The third-order valence-corrected chi connectivity index (χ3v) is 6.04. The first-order chi connectivity index (χ1) is 13.1. The highest BCUT2D eigenvalue weighted by atomic mass is 32.1. The van der Waals surface area contributed by atoms with Crippen molar-refractivity contribution in [2.75, 3.05) is 0 Å². The molecule has 1 aromatic heterocycles. The number of rotatable bonds is 6. The topological polar surface area (TPSA) is 74.8 Å². The summed E-state index contributed by atoms with van der Waals surface area (Å²) in [5.41, 5.74) is 1.14. The number of urea groups is 1. The molecule has 1 aliphatic rings. The van der Waals surface area contributed by atoms with Crippen LogP contribution in [-0.4, -0.2) is 24.0 Å². The van der Waals surface area contributed by atoms with Crippen LogP contribution >= 0.6 is 11.3 Å². The Morgan fingerprint density at radius 3 is 2.48 bits per heavy atom. The lowest BCUT2D eigenvalue weighted by Gasteiger charge is -2.23. The van der Waals surface area contributed by atoms with E-state index in [1.807, 2.05) is 41.9 Å². The molecule has 1 aromatic carbocycles. The van der Waals surface area contributed by atoms with E-state index in [-0.39, 0.29) is 30.1 Å². The van der Waals surface area contributed by atoms with Crippen LogP contribution in [0.3, 0.4) is 0 Å². The van der Waals surface area contributed by atoms with Crippen molar-refractivity contribution in [3.8, 4) is 0 Å². The molecule has 27 heavy (non-hydrogen) atoms. The van der Waals surface area contributed by atoms with Crippen molar-refractivity contribution in [1.29, 1.82) is 0 Å². The molecule has 0 unspecified atom stereocenters. The highest BCUT2D eigenvalue weighted by Gasteiger charge is 2.27. The van der Waals surface area contributed by atoms with E-state index in [0.717, 1.165) is 31.2 Å². The minimum atomic E-state index is -0.380. The molecular weight excluding hydrogens is 358 g/mol. The van der Waals surface area contributed by atoms with Crippen LogP contribution in [0.2, 0.25) is 0 Å². The molecule has 1 heterocycles. The SMILES string of the molecule is C[C@@H]([NH2+][C@H](c1ccccc1)c1cccs1)C(=O)NC(=O)NC1CCCCC1. The fraction of sp³-hybridized carbons (Fsp3) is 0.429. The maximum absolute atomic E-state index is 12.5. The number of imide groups is 1. The Labute approximate surface area is 164 Å². The average Bonchev–Trinajstić information content (AvgIpc) is 3.21. The number of nitrogens with two attached hydrogens (primary N) is 1. The molecular formula is C21H28N3O2S+. The fourth-order valence-electron chi connectivity index (χ4n) is 3.57. The molecule has 4 N–H and O–H groups in total. The van der Waals surface area contributed by atoms with Crippen LogP contribution in [0.25, 0.3) is 0 Å². The van der Waals surface area contributed by atoms with Gasteiger partial charge in [-0.05, 0) is 31.2 Å². The highest BCUT2D eigenvalue weighted by Crippen LogP contribution is 2.22. The number of nitrogens with one attached hydrogen (secondary N) is 2. The molecule has 6 heteroatoms. The Hall–Kier alpha value is -2.18. The summed E-state index contributed by atoms with van der Waals surface area (Å²) in [7, 11) is 0. The summed E-state index contributed by atoms with van der Waals surface area (Å²) in [6.07, 6.45) is 5.51. The predicted octanol–water partition coefficient (Wildman–Crippen LogP) is 2.95. The molecule has 2 atom stereocenters. The molecule has 0 bridgehead atoms. The van der Waals surface area contributed by atoms with Crippen LogP contribution in [0.4, 0.5) is 4.79 Å². The standard InChI is InChI=1S/C21H27N3O2S/c1-15(20(25)24-21(26)23-17-11-6-3-7-12-17)22-19(18-13-8-14-27-18)16-9-4-2-5-10-16/h2,4-5,8-10,13-15,17,19,22H,3,6-7,11-12H2,1H3,(H2,23,24,25,26)/p+1/t15-,19-/m1/s1. The number of amides is 3. The first kappa shape index (κ1) is 19.6. The molecule has 1 aliphatic carbocycles. The summed E-state index contributed by atoms with van der Waals surface area (Å²) in [5, 5.41) is 9.51. The van der Waals surface area contributed by atoms with Crippen molar-refractivity contribution in [2.45, 2.75) is 57.2 Å².